The fraction of sp³-hybridized carbons (Fsp3) is 0.348. The van der Waals surface area contributed by atoms with Crippen molar-refractivity contribution in [1.29, 1.82) is 0 Å². The van der Waals surface area contributed by atoms with E-state index in [2.05, 4.69) is 20.6 Å². The van der Waals surface area contributed by atoms with E-state index in [1.54, 1.807) is 30.6 Å². The van der Waals surface area contributed by atoms with Gasteiger partial charge in [0.2, 0.25) is 5.95 Å². The first-order valence-corrected chi connectivity index (χ1v) is 11.0. The number of hydrogen-bond acceptors (Lipinski definition) is 6. The summed E-state index contributed by atoms with van der Waals surface area (Å²) < 4.78 is 5.41. The van der Waals surface area contributed by atoms with Crippen LogP contribution in [-0.4, -0.2) is 46.7 Å². The van der Waals surface area contributed by atoms with Crippen molar-refractivity contribution in [2.45, 2.75) is 31.8 Å². The highest BCUT2D eigenvalue weighted by atomic mass is 35.5. The topological polar surface area (TPSA) is 118 Å². The summed E-state index contributed by atoms with van der Waals surface area (Å²) in [5.41, 5.74) is 9.69. The lowest BCUT2D eigenvalue weighted by molar-refractivity contribution is 0.0903. The van der Waals surface area contributed by atoms with Gasteiger partial charge in [0.05, 0.1) is 11.7 Å². The fourth-order valence-electron chi connectivity index (χ4n) is 3.73. The van der Waals surface area contributed by atoms with Crippen LogP contribution in [-0.2, 0) is 4.74 Å². The van der Waals surface area contributed by atoms with Gasteiger partial charge < -0.3 is 26.1 Å². The molecular formula is C23H27ClN6O2. The number of aryl methyl sites for hydroxylation is 1. The molecule has 0 aliphatic carbocycles. The maximum atomic E-state index is 12.8. The summed E-state index contributed by atoms with van der Waals surface area (Å²) in [6, 6.07) is 9.05. The van der Waals surface area contributed by atoms with Crippen molar-refractivity contribution in [2.75, 3.05) is 25.1 Å². The number of anilines is 1. The van der Waals surface area contributed by atoms with E-state index in [4.69, 9.17) is 27.1 Å². The first-order chi connectivity index (χ1) is 15.5. The van der Waals surface area contributed by atoms with Gasteiger partial charge in [-0.05, 0) is 49.1 Å². The number of nitrogens with zero attached hydrogens (tertiary/aromatic N) is 2. The number of ether oxygens (including phenoxy) is 1. The van der Waals surface area contributed by atoms with Crippen LogP contribution >= 0.6 is 11.6 Å². The monoisotopic (exact) mass is 454 g/mol. The standard InChI is InChI=1S/C23H27ClN6O2/c1-14-12-27-23(28-18-5-7-32-8-6-18)30-21(14)16-10-19(26-13-16)22(31)29-20(11-25)15-3-2-4-17(24)9-15/h2-4,9-10,12-13,18,20,26H,5-8,11,25H2,1H3,(H,29,31)(H,27,28,30)/t20-/m1/s1. The van der Waals surface area contributed by atoms with E-state index >= 15 is 0 Å². The molecule has 1 amide bonds. The summed E-state index contributed by atoms with van der Waals surface area (Å²) in [6.07, 6.45) is 5.42. The molecule has 1 aliphatic rings. The molecule has 3 heterocycles. The van der Waals surface area contributed by atoms with E-state index in [0.29, 0.717) is 22.7 Å². The molecule has 2 aromatic heterocycles. The smallest absolute Gasteiger partial charge is 0.268 e. The van der Waals surface area contributed by atoms with E-state index in [9.17, 15) is 4.79 Å². The van der Waals surface area contributed by atoms with E-state index in [-0.39, 0.29) is 18.5 Å². The van der Waals surface area contributed by atoms with Gasteiger partial charge in [0.25, 0.3) is 5.91 Å². The molecule has 8 nitrogen and oxygen atoms in total. The molecular weight excluding hydrogens is 428 g/mol. The minimum atomic E-state index is -0.344. The van der Waals surface area contributed by atoms with Crippen LogP contribution in [0.25, 0.3) is 11.3 Å². The number of benzene rings is 1. The molecule has 4 rings (SSSR count). The van der Waals surface area contributed by atoms with Crippen LogP contribution in [0.5, 0.6) is 0 Å². The number of aromatic nitrogens is 3. The summed E-state index contributed by atoms with van der Waals surface area (Å²) in [5, 5.41) is 6.95. The van der Waals surface area contributed by atoms with Crippen LogP contribution in [0, 0.1) is 6.92 Å². The summed E-state index contributed by atoms with van der Waals surface area (Å²) in [5.74, 6) is 0.327. The van der Waals surface area contributed by atoms with Crippen molar-refractivity contribution in [3.63, 3.8) is 0 Å². The molecule has 1 atom stereocenters. The minimum absolute atomic E-state index is 0.251. The summed E-state index contributed by atoms with van der Waals surface area (Å²) >= 11 is 6.08. The number of halogens is 1. The number of carbonyl (C=O) groups is 1. The van der Waals surface area contributed by atoms with Crippen molar-refractivity contribution in [1.82, 2.24) is 20.3 Å². The third kappa shape index (κ3) is 5.27. The molecule has 0 unspecified atom stereocenters. The molecule has 0 spiro atoms. The van der Waals surface area contributed by atoms with Gasteiger partial charge in [-0.25, -0.2) is 9.97 Å². The highest BCUT2D eigenvalue weighted by Gasteiger charge is 2.19. The summed E-state index contributed by atoms with van der Waals surface area (Å²) in [6.45, 7) is 3.69. The van der Waals surface area contributed by atoms with Crippen molar-refractivity contribution >= 4 is 23.5 Å². The van der Waals surface area contributed by atoms with Crippen LogP contribution in [0.1, 0.15) is 40.5 Å². The second-order valence-corrected chi connectivity index (χ2v) is 8.31. The van der Waals surface area contributed by atoms with Gasteiger partial charge in [0.15, 0.2) is 0 Å². The van der Waals surface area contributed by atoms with Crippen molar-refractivity contribution in [3.05, 3.63) is 64.6 Å². The molecule has 0 saturated carbocycles. The minimum Gasteiger partial charge on any atom is -0.381 e. The van der Waals surface area contributed by atoms with Gasteiger partial charge in [0.1, 0.15) is 5.69 Å². The molecule has 3 aromatic rings. The average molecular weight is 455 g/mol. The van der Waals surface area contributed by atoms with Crippen LogP contribution in [0.2, 0.25) is 5.02 Å². The SMILES string of the molecule is Cc1cnc(NC2CCOCC2)nc1-c1c[nH]c(C(=O)N[C@H](CN)c2cccc(Cl)c2)c1. The van der Waals surface area contributed by atoms with E-state index in [1.165, 1.54) is 0 Å². The predicted molar refractivity (Wildman–Crippen MR) is 125 cm³/mol. The van der Waals surface area contributed by atoms with Crippen molar-refractivity contribution < 1.29 is 9.53 Å². The Balaban J connectivity index is 1.49. The first-order valence-electron chi connectivity index (χ1n) is 10.7. The average Bonchev–Trinajstić information content (AvgIpc) is 3.29. The zero-order valence-corrected chi connectivity index (χ0v) is 18.7. The number of rotatable bonds is 7. The van der Waals surface area contributed by atoms with Crippen LogP contribution in [0.3, 0.4) is 0 Å². The fourth-order valence-corrected chi connectivity index (χ4v) is 3.93. The third-order valence-electron chi connectivity index (χ3n) is 5.52. The number of H-pyrrole nitrogens is 1. The van der Waals surface area contributed by atoms with Gasteiger partial charge in [-0.1, -0.05) is 23.7 Å². The molecule has 5 N–H and O–H groups in total. The Labute approximate surface area is 191 Å². The lowest BCUT2D eigenvalue weighted by Gasteiger charge is -2.23. The molecule has 32 heavy (non-hydrogen) atoms. The molecule has 168 valence electrons. The molecule has 0 radical (unpaired) electrons. The number of carbonyl (C=O) groups excluding carboxylic acids is 1. The Morgan fingerprint density at radius 3 is 2.91 bits per heavy atom. The second kappa shape index (κ2) is 10.1. The van der Waals surface area contributed by atoms with Crippen LogP contribution < -0.4 is 16.4 Å². The number of hydrogen-bond donors (Lipinski definition) is 4. The van der Waals surface area contributed by atoms with Gasteiger partial charge in [-0.2, -0.15) is 0 Å². The number of amides is 1. The third-order valence-corrected chi connectivity index (χ3v) is 5.75. The highest BCUT2D eigenvalue weighted by Crippen LogP contribution is 2.24. The maximum absolute atomic E-state index is 12.8. The normalized spacial score (nSPS) is 15.3. The first kappa shape index (κ1) is 22.3. The van der Waals surface area contributed by atoms with Crippen molar-refractivity contribution in [3.8, 4) is 11.3 Å². The van der Waals surface area contributed by atoms with E-state index in [0.717, 1.165) is 48.4 Å². The number of nitrogens with two attached hydrogens (primary N) is 1. The lowest BCUT2D eigenvalue weighted by Crippen LogP contribution is -2.33. The Morgan fingerprint density at radius 2 is 2.16 bits per heavy atom. The molecule has 1 aromatic carbocycles. The van der Waals surface area contributed by atoms with Gasteiger partial charge in [-0.15, -0.1) is 0 Å². The Hall–Kier alpha value is -2.94. The molecule has 0 bridgehead atoms. The quantitative estimate of drug-likeness (QED) is 0.434. The molecule has 1 saturated heterocycles. The van der Waals surface area contributed by atoms with Gasteiger partial charge >= 0.3 is 0 Å². The number of aromatic amines is 1. The highest BCUT2D eigenvalue weighted by molar-refractivity contribution is 6.30. The Bertz CT molecular complexity index is 1080. The van der Waals surface area contributed by atoms with Crippen LogP contribution in [0.15, 0.2) is 42.7 Å². The lowest BCUT2D eigenvalue weighted by atomic mass is 10.1. The van der Waals surface area contributed by atoms with Crippen LogP contribution in [0.4, 0.5) is 5.95 Å². The van der Waals surface area contributed by atoms with E-state index in [1.807, 2.05) is 19.1 Å². The number of nitrogens with one attached hydrogen (secondary N) is 3. The summed E-state index contributed by atoms with van der Waals surface area (Å²) in [7, 11) is 0. The maximum Gasteiger partial charge on any atom is 0.268 e. The Kier molecular flexibility index (Phi) is 7.04. The van der Waals surface area contributed by atoms with Gasteiger partial charge in [-0.3, -0.25) is 4.79 Å². The predicted octanol–water partition coefficient (Wildman–Crippen LogP) is 3.45. The Morgan fingerprint density at radius 1 is 1.34 bits per heavy atom. The van der Waals surface area contributed by atoms with E-state index < -0.39 is 0 Å². The molecule has 1 aliphatic heterocycles. The molecule has 1 fully saturated rings. The van der Waals surface area contributed by atoms with Crippen molar-refractivity contribution in [2.24, 2.45) is 5.73 Å². The summed E-state index contributed by atoms with van der Waals surface area (Å²) in [4.78, 5) is 25.0. The largest absolute Gasteiger partial charge is 0.381 e. The zero-order chi connectivity index (χ0) is 22.5. The second-order valence-electron chi connectivity index (χ2n) is 7.87. The van der Waals surface area contributed by atoms with Gasteiger partial charge in [0, 0.05) is 48.8 Å². The molecule has 9 heteroatoms. The zero-order valence-electron chi connectivity index (χ0n) is 17.9.